The van der Waals surface area contributed by atoms with Crippen LogP contribution < -0.4 is 0 Å². The van der Waals surface area contributed by atoms with Gasteiger partial charge in [-0.1, -0.05) is 39.3 Å². The molecule has 1 aromatic heterocycles. The molecule has 1 aliphatic carbocycles. The molecule has 2 aromatic rings. The van der Waals surface area contributed by atoms with Gasteiger partial charge in [-0.2, -0.15) is 4.98 Å². The van der Waals surface area contributed by atoms with E-state index < -0.39 is 5.97 Å². The summed E-state index contributed by atoms with van der Waals surface area (Å²) in [5.74, 6) is 0.266. The summed E-state index contributed by atoms with van der Waals surface area (Å²) in [5, 5.41) is 13.0. The molecule has 0 spiro atoms. The van der Waals surface area contributed by atoms with Gasteiger partial charge < -0.3 is 9.63 Å². The molecule has 21 heavy (non-hydrogen) atoms. The van der Waals surface area contributed by atoms with Gasteiger partial charge >= 0.3 is 5.97 Å². The molecule has 2 unspecified atom stereocenters. The highest BCUT2D eigenvalue weighted by atomic mass is 79.9. The van der Waals surface area contributed by atoms with E-state index in [4.69, 9.17) is 9.63 Å². The molecule has 6 heteroatoms. The second-order valence-electron chi connectivity index (χ2n) is 5.36. The SMILES string of the molecule is O=C(O)C1CCC(c2nc(Cc3ccccc3Br)no2)C1. The number of hydrogen-bond acceptors (Lipinski definition) is 4. The molecule has 1 aromatic carbocycles. The van der Waals surface area contributed by atoms with Crippen molar-refractivity contribution in [3.63, 3.8) is 0 Å². The minimum atomic E-state index is -0.731. The number of nitrogens with zero attached hydrogens (tertiary/aromatic N) is 2. The van der Waals surface area contributed by atoms with Crippen molar-refractivity contribution < 1.29 is 14.4 Å². The second-order valence-corrected chi connectivity index (χ2v) is 6.22. The first-order valence-electron chi connectivity index (χ1n) is 6.92. The van der Waals surface area contributed by atoms with E-state index in [1.54, 1.807) is 0 Å². The first-order chi connectivity index (χ1) is 10.1. The van der Waals surface area contributed by atoms with Gasteiger partial charge in [-0.25, -0.2) is 0 Å². The van der Waals surface area contributed by atoms with E-state index in [0.717, 1.165) is 16.5 Å². The van der Waals surface area contributed by atoms with Crippen LogP contribution in [0.5, 0.6) is 0 Å². The Kier molecular flexibility index (Phi) is 4.05. The van der Waals surface area contributed by atoms with Crippen LogP contribution in [0.15, 0.2) is 33.3 Å². The highest BCUT2D eigenvalue weighted by Crippen LogP contribution is 2.37. The lowest BCUT2D eigenvalue weighted by Crippen LogP contribution is -2.09. The van der Waals surface area contributed by atoms with Gasteiger partial charge in [-0.3, -0.25) is 4.79 Å². The maximum atomic E-state index is 11.0. The number of aliphatic carboxylic acids is 1. The number of carboxylic acid groups (broad SMARTS) is 1. The first kappa shape index (κ1) is 14.3. The summed E-state index contributed by atoms with van der Waals surface area (Å²) in [7, 11) is 0. The molecule has 0 saturated heterocycles. The van der Waals surface area contributed by atoms with Gasteiger partial charge in [-0.05, 0) is 30.9 Å². The van der Waals surface area contributed by atoms with Gasteiger partial charge in [0.25, 0.3) is 0 Å². The van der Waals surface area contributed by atoms with E-state index in [-0.39, 0.29) is 11.8 Å². The fourth-order valence-corrected chi connectivity index (χ4v) is 3.17. The Balaban J connectivity index is 1.70. The molecule has 3 rings (SSSR count). The minimum absolute atomic E-state index is 0.0755. The zero-order valence-corrected chi connectivity index (χ0v) is 12.9. The Labute approximate surface area is 130 Å². The van der Waals surface area contributed by atoms with Gasteiger partial charge in [0.15, 0.2) is 5.82 Å². The number of halogens is 1. The molecule has 0 radical (unpaired) electrons. The van der Waals surface area contributed by atoms with Crippen LogP contribution >= 0.6 is 15.9 Å². The molecule has 1 heterocycles. The second kappa shape index (κ2) is 5.97. The summed E-state index contributed by atoms with van der Waals surface area (Å²) in [6.45, 7) is 0. The molecule has 0 bridgehead atoms. The average molecular weight is 351 g/mol. The molecule has 110 valence electrons. The Bertz CT molecular complexity index is 656. The summed E-state index contributed by atoms with van der Waals surface area (Å²) in [6.07, 6.45) is 2.67. The van der Waals surface area contributed by atoms with Crippen molar-refractivity contribution in [3.8, 4) is 0 Å². The van der Waals surface area contributed by atoms with E-state index in [1.807, 2.05) is 24.3 Å². The zero-order valence-electron chi connectivity index (χ0n) is 11.3. The van der Waals surface area contributed by atoms with Crippen LogP contribution in [0.25, 0.3) is 0 Å². The monoisotopic (exact) mass is 350 g/mol. The number of carboxylic acids is 1. The molecule has 2 atom stereocenters. The van der Waals surface area contributed by atoms with Gasteiger partial charge in [0.1, 0.15) is 0 Å². The third-order valence-electron chi connectivity index (χ3n) is 3.92. The van der Waals surface area contributed by atoms with Crippen molar-refractivity contribution in [3.05, 3.63) is 46.0 Å². The Hall–Kier alpha value is -1.69. The fourth-order valence-electron chi connectivity index (χ4n) is 2.75. The molecule has 1 saturated carbocycles. The normalized spacial score (nSPS) is 21.6. The number of rotatable bonds is 4. The third kappa shape index (κ3) is 3.15. The van der Waals surface area contributed by atoms with Crippen molar-refractivity contribution in [2.24, 2.45) is 5.92 Å². The number of benzene rings is 1. The van der Waals surface area contributed by atoms with Crippen LogP contribution in [0.2, 0.25) is 0 Å². The summed E-state index contributed by atoms with van der Waals surface area (Å²) in [5.41, 5.74) is 1.10. The van der Waals surface area contributed by atoms with E-state index in [9.17, 15) is 4.79 Å². The summed E-state index contributed by atoms with van der Waals surface area (Å²) >= 11 is 3.50. The van der Waals surface area contributed by atoms with Crippen LogP contribution in [0.4, 0.5) is 0 Å². The summed E-state index contributed by atoms with van der Waals surface area (Å²) in [6, 6.07) is 7.91. The van der Waals surface area contributed by atoms with Crippen LogP contribution in [0, 0.1) is 5.92 Å². The van der Waals surface area contributed by atoms with Crippen molar-refractivity contribution in [1.82, 2.24) is 10.1 Å². The quantitative estimate of drug-likeness (QED) is 0.914. The van der Waals surface area contributed by atoms with Gasteiger partial charge in [0, 0.05) is 16.8 Å². The van der Waals surface area contributed by atoms with Gasteiger partial charge in [0.2, 0.25) is 5.89 Å². The van der Waals surface area contributed by atoms with Crippen molar-refractivity contribution in [1.29, 1.82) is 0 Å². The van der Waals surface area contributed by atoms with E-state index in [0.29, 0.717) is 31.0 Å². The van der Waals surface area contributed by atoms with Crippen molar-refractivity contribution in [2.45, 2.75) is 31.6 Å². The highest BCUT2D eigenvalue weighted by molar-refractivity contribution is 9.10. The average Bonchev–Trinajstić information content (AvgIpc) is 3.10. The molecule has 1 aliphatic rings. The maximum Gasteiger partial charge on any atom is 0.306 e. The maximum absolute atomic E-state index is 11.0. The molecule has 0 aliphatic heterocycles. The predicted molar refractivity (Wildman–Crippen MR) is 79.0 cm³/mol. The largest absolute Gasteiger partial charge is 0.481 e. The van der Waals surface area contributed by atoms with E-state index in [1.165, 1.54) is 0 Å². The standard InChI is InChI=1S/C15H15BrN2O3/c16-12-4-2-1-3-9(12)8-13-17-14(21-18-13)10-5-6-11(7-10)15(19)20/h1-4,10-11H,5-8H2,(H,19,20). The van der Waals surface area contributed by atoms with E-state index in [2.05, 4.69) is 26.1 Å². The highest BCUT2D eigenvalue weighted by Gasteiger charge is 2.33. The van der Waals surface area contributed by atoms with Crippen LogP contribution in [-0.4, -0.2) is 21.2 Å². The van der Waals surface area contributed by atoms with E-state index >= 15 is 0 Å². The Morgan fingerprint density at radius 2 is 2.19 bits per heavy atom. The van der Waals surface area contributed by atoms with Crippen molar-refractivity contribution in [2.75, 3.05) is 0 Å². The van der Waals surface area contributed by atoms with Gasteiger partial charge in [-0.15, -0.1) is 0 Å². The fraction of sp³-hybridized carbons (Fsp3) is 0.400. The summed E-state index contributed by atoms with van der Waals surface area (Å²) in [4.78, 5) is 15.4. The van der Waals surface area contributed by atoms with Crippen LogP contribution in [0.3, 0.4) is 0 Å². The molecular formula is C15H15BrN2O3. The molecular weight excluding hydrogens is 336 g/mol. The molecule has 1 fully saturated rings. The first-order valence-corrected chi connectivity index (χ1v) is 7.71. The molecule has 5 nitrogen and oxygen atoms in total. The Morgan fingerprint density at radius 3 is 2.90 bits per heavy atom. The molecule has 0 amide bonds. The number of carbonyl (C=O) groups is 1. The number of aromatic nitrogens is 2. The lowest BCUT2D eigenvalue weighted by Gasteiger charge is -2.02. The minimum Gasteiger partial charge on any atom is -0.481 e. The van der Waals surface area contributed by atoms with Crippen LogP contribution in [0.1, 0.15) is 42.5 Å². The topological polar surface area (TPSA) is 76.2 Å². The third-order valence-corrected chi connectivity index (χ3v) is 4.69. The predicted octanol–water partition coefficient (Wildman–Crippen LogP) is 3.39. The number of hydrogen-bond donors (Lipinski definition) is 1. The summed E-state index contributed by atoms with van der Waals surface area (Å²) < 4.78 is 6.34. The lowest BCUT2D eigenvalue weighted by molar-refractivity contribution is -0.141. The smallest absolute Gasteiger partial charge is 0.306 e. The van der Waals surface area contributed by atoms with Crippen molar-refractivity contribution >= 4 is 21.9 Å². The molecule has 1 N–H and O–H groups in total. The van der Waals surface area contributed by atoms with Gasteiger partial charge in [0.05, 0.1) is 5.92 Å². The van der Waals surface area contributed by atoms with Crippen LogP contribution in [-0.2, 0) is 11.2 Å². The Morgan fingerprint density at radius 1 is 1.38 bits per heavy atom. The lowest BCUT2D eigenvalue weighted by atomic mass is 10.1. The zero-order chi connectivity index (χ0) is 14.8.